The summed E-state index contributed by atoms with van der Waals surface area (Å²) < 4.78 is 13.8. The highest BCUT2D eigenvalue weighted by atomic mass is 35.5. The number of hydrogen-bond acceptors (Lipinski definition) is 6. The number of nitrogen functional groups attached to an aromatic ring is 1. The van der Waals surface area contributed by atoms with Gasteiger partial charge in [-0.25, -0.2) is 15.2 Å². The van der Waals surface area contributed by atoms with Crippen molar-refractivity contribution in [1.29, 1.82) is 0 Å². The number of fused-ring (bicyclic) bond motifs is 1. The maximum absolute atomic E-state index is 13.8. The predicted octanol–water partition coefficient (Wildman–Crippen LogP) is 2.85. The van der Waals surface area contributed by atoms with Gasteiger partial charge < -0.3 is 5.32 Å². The molecule has 0 aliphatic heterocycles. The SMILES string of the molecule is NNc1ncc(F)c(Nc2ccc(Cl)c3cccnc23)n1. The topological polar surface area (TPSA) is 88.8 Å². The maximum atomic E-state index is 13.8. The van der Waals surface area contributed by atoms with Gasteiger partial charge in [0, 0.05) is 11.6 Å². The molecule has 8 heteroatoms. The van der Waals surface area contributed by atoms with Crippen molar-refractivity contribution in [3.63, 3.8) is 0 Å². The Labute approximate surface area is 124 Å². The summed E-state index contributed by atoms with van der Waals surface area (Å²) in [6, 6.07) is 7.02. The fraction of sp³-hybridized carbons (Fsp3) is 0. The van der Waals surface area contributed by atoms with Crippen LogP contribution < -0.4 is 16.6 Å². The number of rotatable bonds is 3. The highest BCUT2D eigenvalue weighted by Crippen LogP contribution is 2.30. The van der Waals surface area contributed by atoms with Gasteiger partial charge in [-0.1, -0.05) is 11.6 Å². The molecule has 0 unspecified atom stereocenters. The minimum atomic E-state index is -0.604. The van der Waals surface area contributed by atoms with Crippen LogP contribution in [0.15, 0.2) is 36.7 Å². The van der Waals surface area contributed by atoms with Gasteiger partial charge in [0.25, 0.3) is 0 Å². The van der Waals surface area contributed by atoms with Crippen LogP contribution in [0.3, 0.4) is 0 Å². The molecule has 2 heterocycles. The van der Waals surface area contributed by atoms with Gasteiger partial charge in [-0.2, -0.15) is 4.98 Å². The molecule has 21 heavy (non-hydrogen) atoms. The van der Waals surface area contributed by atoms with Gasteiger partial charge >= 0.3 is 0 Å². The summed E-state index contributed by atoms with van der Waals surface area (Å²) in [4.78, 5) is 11.9. The van der Waals surface area contributed by atoms with Crippen LogP contribution in [-0.4, -0.2) is 15.0 Å². The van der Waals surface area contributed by atoms with Crippen molar-refractivity contribution in [1.82, 2.24) is 15.0 Å². The van der Waals surface area contributed by atoms with E-state index in [-0.39, 0.29) is 11.8 Å². The van der Waals surface area contributed by atoms with Gasteiger partial charge in [-0.3, -0.25) is 10.4 Å². The Balaban J connectivity index is 2.08. The summed E-state index contributed by atoms with van der Waals surface area (Å²) in [6.45, 7) is 0. The Hall–Kier alpha value is -2.51. The number of benzene rings is 1. The third-order valence-electron chi connectivity index (χ3n) is 2.84. The fourth-order valence-corrected chi connectivity index (χ4v) is 2.11. The van der Waals surface area contributed by atoms with E-state index in [2.05, 4.69) is 25.7 Å². The minimum absolute atomic E-state index is 0.00720. The monoisotopic (exact) mass is 304 g/mol. The van der Waals surface area contributed by atoms with Gasteiger partial charge in [0.05, 0.1) is 22.4 Å². The first-order chi connectivity index (χ1) is 10.2. The summed E-state index contributed by atoms with van der Waals surface area (Å²) in [7, 11) is 0. The number of halogens is 2. The Morgan fingerprint density at radius 2 is 2.05 bits per heavy atom. The lowest BCUT2D eigenvalue weighted by molar-refractivity contribution is 0.619. The van der Waals surface area contributed by atoms with Gasteiger partial charge in [0.15, 0.2) is 11.6 Å². The number of nitrogens with one attached hydrogen (secondary N) is 2. The summed E-state index contributed by atoms with van der Waals surface area (Å²) in [5, 5.41) is 4.20. The standard InChI is InChI=1S/C13H10ClFN6/c14-8-3-4-10(11-7(8)2-1-5-17-11)19-12-9(15)6-18-13(20-12)21-16/h1-6H,16H2,(H2,18,19,20,21). The molecule has 0 spiro atoms. The van der Waals surface area contributed by atoms with E-state index in [0.717, 1.165) is 11.6 Å². The molecule has 1 aromatic carbocycles. The lowest BCUT2D eigenvalue weighted by atomic mass is 10.2. The second-order valence-electron chi connectivity index (χ2n) is 4.15. The van der Waals surface area contributed by atoms with Crippen molar-refractivity contribution in [2.24, 2.45) is 5.84 Å². The first kappa shape index (κ1) is 13.5. The van der Waals surface area contributed by atoms with Gasteiger partial charge in [0.2, 0.25) is 5.95 Å². The van der Waals surface area contributed by atoms with E-state index in [9.17, 15) is 4.39 Å². The molecule has 0 saturated carbocycles. The third-order valence-corrected chi connectivity index (χ3v) is 3.17. The third kappa shape index (κ3) is 2.56. The smallest absolute Gasteiger partial charge is 0.239 e. The molecule has 0 radical (unpaired) electrons. The van der Waals surface area contributed by atoms with Crippen LogP contribution in [0.2, 0.25) is 5.02 Å². The van der Waals surface area contributed by atoms with Crippen molar-refractivity contribution in [3.05, 3.63) is 47.5 Å². The molecule has 0 atom stereocenters. The Bertz CT molecular complexity index is 810. The Morgan fingerprint density at radius 1 is 1.19 bits per heavy atom. The molecule has 0 aliphatic carbocycles. The number of aromatic nitrogens is 3. The zero-order valence-corrected chi connectivity index (χ0v) is 11.4. The molecule has 4 N–H and O–H groups in total. The van der Waals surface area contributed by atoms with Crippen molar-refractivity contribution in [3.8, 4) is 0 Å². The molecular weight excluding hydrogens is 295 g/mol. The van der Waals surface area contributed by atoms with E-state index in [4.69, 9.17) is 17.4 Å². The van der Waals surface area contributed by atoms with Gasteiger partial charge in [-0.15, -0.1) is 0 Å². The Morgan fingerprint density at radius 3 is 2.86 bits per heavy atom. The first-order valence-corrected chi connectivity index (χ1v) is 6.36. The normalized spacial score (nSPS) is 10.6. The number of anilines is 3. The fourth-order valence-electron chi connectivity index (χ4n) is 1.89. The van der Waals surface area contributed by atoms with E-state index in [1.165, 1.54) is 0 Å². The maximum Gasteiger partial charge on any atom is 0.239 e. The molecule has 6 nitrogen and oxygen atoms in total. The van der Waals surface area contributed by atoms with Crippen LogP contribution in [0.5, 0.6) is 0 Å². The van der Waals surface area contributed by atoms with E-state index >= 15 is 0 Å². The van der Waals surface area contributed by atoms with Crippen molar-refractivity contribution in [2.45, 2.75) is 0 Å². The average molecular weight is 305 g/mol. The molecule has 0 amide bonds. The molecule has 0 bridgehead atoms. The summed E-state index contributed by atoms with van der Waals surface area (Å²) in [5.41, 5.74) is 3.46. The van der Waals surface area contributed by atoms with Crippen molar-refractivity contribution in [2.75, 3.05) is 10.7 Å². The number of hydrogen-bond donors (Lipinski definition) is 3. The molecule has 3 rings (SSSR count). The van der Waals surface area contributed by atoms with E-state index in [1.807, 2.05) is 6.07 Å². The second-order valence-corrected chi connectivity index (χ2v) is 4.56. The van der Waals surface area contributed by atoms with Crippen LogP contribution in [0.4, 0.5) is 21.8 Å². The second kappa shape index (κ2) is 5.47. The largest absolute Gasteiger partial charge is 0.336 e. The van der Waals surface area contributed by atoms with Gasteiger partial charge in [-0.05, 0) is 24.3 Å². The van der Waals surface area contributed by atoms with Crippen LogP contribution in [0.1, 0.15) is 0 Å². The predicted molar refractivity (Wildman–Crippen MR) is 79.8 cm³/mol. The van der Waals surface area contributed by atoms with Gasteiger partial charge in [0.1, 0.15) is 0 Å². The number of pyridine rings is 1. The highest BCUT2D eigenvalue weighted by molar-refractivity contribution is 6.35. The van der Waals surface area contributed by atoms with Crippen LogP contribution in [0, 0.1) is 5.82 Å². The molecule has 0 saturated heterocycles. The zero-order valence-electron chi connectivity index (χ0n) is 10.6. The average Bonchev–Trinajstić information content (AvgIpc) is 2.52. The number of nitrogens with two attached hydrogens (primary N) is 1. The molecule has 3 aromatic rings. The van der Waals surface area contributed by atoms with E-state index < -0.39 is 5.82 Å². The lowest BCUT2D eigenvalue weighted by Crippen LogP contribution is -2.12. The number of hydrazine groups is 1. The first-order valence-electron chi connectivity index (χ1n) is 5.98. The lowest BCUT2D eigenvalue weighted by Gasteiger charge is -2.10. The number of nitrogens with zero attached hydrogens (tertiary/aromatic N) is 3. The minimum Gasteiger partial charge on any atom is -0.336 e. The zero-order chi connectivity index (χ0) is 14.8. The molecular formula is C13H10ClFN6. The summed E-state index contributed by atoms with van der Waals surface area (Å²) in [6.07, 6.45) is 2.66. The molecule has 0 fully saturated rings. The summed E-state index contributed by atoms with van der Waals surface area (Å²) in [5.74, 6) is 4.71. The van der Waals surface area contributed by atoms with E-state index in [0.29, 0.717) is 16.2 Å². The van der Waals surface area contributed by atoms with Crippen LogP contribution in [-0.2, 0) is 0 Å². The Kier molecular flexibility index (Phi) is 3.51. The molecule has 0 aliphatic rings. The molecule has 106 valence electrons. The van der Waals surface area contributed by atoms with Crippen LogP contribution >= 0.6 is 11.6 Å². The molecule has 2 aromatic heterocycles. The van der Waals surface area contributed by atoms with Crippen molar-refractivity contribution >= 4 is 40.0 Å². The summed E-state index contributed by atoms with van der Waals surface area (Å²) >= 11 is 6.12. The quantitative estimate of drug-likeness (QED) is 0.509. The van der Waals surface area contributed by atoms with Crippen LogP contribution in [0.25, 0.3) is 10.9 Å². The van der Waals surface area contributed by atoms with E-state index in [1.54, 1.807) is 24.4 Å². The van der Waals surface area contributed by atoms with Crippen molar-refractivity contribution < 1.29 is 4.39 Å². The highest BCUT2D eigenvalue weighted by Gasteiger charge is 2.10.